The number of carbonyl (C=O) groups is 4. The summed E-state index contributed by atoms with van der Waals surface area (Å²) in [6.07, 6.45) is -3.97. The largest absolute Gasteiger partial charge is 0.463 e. The summed E-state index contributed by atoms with van der Waals surface area (Å²) in [6, 6.07) is 0. The maximum Gasteiger partial charge on any atom is 0.409 e. The van der Waals surface area contributed by atoms with E-state index in [1.54, 1.807) is 0 Å². The van der Waals surface area contributed by atoms with Crippen LogP contribution in [0.2, 0.25) is 0 Å². The molecule has 1 amide bonds. The lowest BCUT2D eigenvalue weighted by molar-refractivity contribution is -0.251. The van der Waals surface area contributed by atoms with E-state index >= 15 is 0 Å². The van der Waals surface area contributed by atoms with Crippen molar-refractivity contribution >= 4 is 24.0 Å². The molecule has 1 heterocycles. The maximum absolute atomic E-state index is 11.7. The summed E-state index contributed by atoms with van der Waals surface area (Å²) >= 11 is 0. The van der Waals surface area contributed by atoms with Crippen LogP contribution in [0.3, 0.4) is 0 Å². The molecule has 10 heteroatoms. The van der Waals surface area contributed by atoms with Gasteiger partial charge < -0.3 is 29.0 Å². The highest BCUT2D eigenvalue weighted by Gasteiger charge is 2.45. The van der Waals surface area contributed by atoms with Crippen molar-refractivity contribution in [2.75, 3.05) is 13.2 Å². The highest BCUT2D eigenvalue weighted by Crippen LogP contribution is 2.27. The van der Waals surface area contributed by atoms with E-state index in [4.69, 9.17) is 23.7 Å². The molecule has 0 aromatic carbocycles. The Kier molecular flexibility index (Phi) is 8.83. The second-order valence-electron chi connectivity index (χ2n) is 5.70. The molecule has 0 aliphatic carbocycles. The summed E-state index contributed by atoms with van der Waals surface area (Å²) < 4.78 is 26.0. The molecule has 0 saturated carbocycles. The number of rotatable bonds is 7. The van der Waals surface area contributed by atoms with Crippen LogP contribution >= 0.6 is 0 Å². The zero-order chi connectivity index (χ0) is 19.7. The second kappa shape index (κ2) is 10.6. The van der Waals surface area contributed by atoms with Crippen molar-refractivity contribution in [2.24, 2.45) is 0 Å². The fourth-order valence-corrected chi connectivity index (χ4v) is 2.36. The Hall–Kier alpha value is -2.36. The molecule has 1 saturated heterocycles. The van der Waals surface area contributed by atoms with Crippen molar-refractivity contribution in [3.05, 3.63) is 0 Å². The number of hydrogen-bond donors (Lipinski definition) is 1. The molecule has 0 bridgehead atoms. The molecule has 0 radical (unpaired) electrons. The van der Waals surface area contributed by atoms with Gasteiger partial charge in [-0.3, -0.25) is 14.4 Å². The summed E-state index contributed by atoms with van der Waals surface area (Å²) in [5, 5.41) is 2.52. The van der Waals surface area contributed by atoms with E-state index in [1.165, 1.54) is 20.8 Å². The van der Waals surface area contributed by atoms with Crippen LogP contribution in [0.25, 0.3) is 0 Å². The van der Waals surface area contributed by atoms with Gasteiger partial charge in [-0.1, -0.05) is 6.92 Å². The third-order valence-corrected chi connectivity index (χ3v) is 3.31. The van der Waals surface area contributed by atoms with Gasteiger partial charge in [-0.15, -0.1) is 0 Å². The van der Waals surface area contributed by atoms with Crippen LogP contribution in [0.5, 0.6) is 0 Å². The van der Waals surface area contributed by atoms with Gasteiger partial charge in [0.05, 0.1) is 6.42 Å². The van der Waals surface area contributed by atoms with Crippen molar-refractivity contribution < 1.29 is 42.9 Å². The van der Waals surface area contributed by atoms with E-state index < -0.39 is 48.6 Å². The molecule has 0 unspecified atom stereocenters. The quantitative estimate of drug-likeness (QED) is 0.504. The minimum Gasteiger partial charge on any atom is -0.463 e. The van der Waals surface area contributed by atoms with Gasteiger partial charge in [-0.2, -0.15) is 0 Å². The molecule has 0 spiro atoms. The zero-order valence-corrected chi connectivity index (χ0v) is 15.3. The predicted molar refractivity (Wildman–Crippen MR) is 85.8 cm³/mol. The van der Waals surface area contributed by atoms with Gasteiger partial charge >= 0.3 is 24.0 Å². The van der Waals surface area contributed by atoms with E-state index in [9.17, 15) is 19.2 Å². The number of nitrogens with one attached hydrogen (secondary N) is 1. The Morgan fingerprint density at radius 1 is 1.00 bits per heavy atom. The fourth-order valence-electron chi connectivity index (χ4n) is 2.36. The Balaban J connectivity index is 2.90. The molecule has 10 nitrogen and oxygen atoms in total. The smallest absolute Gasteiger partial charge is 0.409 e. The van der Waals surface area contributed by atoms with Gasteiger partial charge in [0.15, 0.2) is 6.10 Å². The summed E-state index contributed by atoms with van der Waals surface area (Å²) in [4.78, 5) is 45.6. The van der Waals surface area contributed by atoms with Crippen LogP contribution in [-0.4, -0.2) is 61.8 Å². The first-order chi connectivity index (χ1) is 12.2. The Morgan fingerprint density at radius 3 is 2.19 bits per heavy atom. The molecule has 26 heavy (non-hydrogen) atoms. The zero-order valence-electron chi connectivity index (χ0n) is 15.3. The third-order valence-electron chi connectivity index (χ3n) is 3.31. The third kappa shape index (κ3) is 7.68. The molecular formula is C16H25NO9. The fraction of sp³-hybridized carbons (Fsp3) is 0.750. The molecule has 0 aromatic heterocycles. The Labute approximate surface area is 151 Å². The Morgan fingerprint density at radius 2 is 1.65 bits per heavy atom. The SMILES string of the molecule is CCCNC(=O)O[C@H]1C[C@@H](OC(C)=O)[C@H](OC(C)=O)[C@@H](COC(C)=O)O1. The van der Waals surface area contributed by atoms with Crippen LogP contribution in [0.1, 0.15) is 40.5 Å². The van der Waals surface area contributed by atoms with Crippen molar-refractivity contribution in [3.8, 4) is 0 Å². The van der Waals surface area contributed by atoms with Gasteiger partial charge in [0.25, 0.3) is 0 Å². The molecule has 1 N–H and O–H groups in total. The molecule has 0 aromatic rings. The minimum atomic E-state index is -1.07. The van der Waals surface area contributed by atoms with E-state index in [-0.39, 0.29) is 13.0 Å². The van der Waals surface area contributed by atoms with Crippen molar-refractivity contribution in [1.82, 2.24) is 5.32 Å². The topological polar surface area (TPSA) is 126 Å². The lowest BCUT2D eigenvalue weighted by Crippen LogP contribution is -2.54. The lowest BCUT2D eigenvalue weighted by Gasteiger charge is -2.39. The molecule has 1 aliphatic rings. The van der Waals surface area contributed by atoms with E-state index in [0.717, 1.165) is 6.42 Å². The summed E-state index contributed by atoms with van der Waals surface area (Å²) in [7, 11) is 0. The highest BCUT2D eigenvalue weighted by atomic mass is 16.7. The summed E-state index contributed by atoms with van der Waals surface area (Å²) in [6.45, 7) is 5.64. The molecule has 1 fully saturated rings. The highest BCUT2D eigenvalue weighted by molar-refractivity contribution is 5.68. The lowest BCUT2D eigenvalue weighted by atomic mass is 10.0. The van der Waals surface area contributed by atoms with Crippen molar-refractivity contribution in [3.63, 3.8) is 0 Å². The van der Waals surface area contributed by atoms with Crippen LogP contribution in [0.15, 0.2) is 0 Å². The van der Waals surface area contributed by atoms with Gasteiger partial charge in [-0.05, 0) is 6.42 Å². The average Bonchev–Trinajstić information content (AvgIpc) is 2.52. The number of amides is 1. The second-order valence-corrected chi connectivity index (χ2v) is 5.70. The van der Waals surface area contributed by atoms with Gasteiger partial charge in [0.2, 0.25) is 6.29 Å². The van der Waals surface area contributed by atoms with Crippen molar-refractivity contribution in [1.29, 1.82) is 0 Å². The molecular weight excluding hydrogens is 350 g/mol. The Bertz CT molecular complexity index is 522. The number of carbonyl (C=O) groups excluding carboxylic acids is 4. The first-order valence-corrected chi connectivity index (χ1v) is 8.30. The summed E-state index contributed by atoms with van der Waals surface area (Å²) in [5.74, 6) is -1.79. The van der Waals surface area contributed by atoms with Gasteiger partial charge in [-0.25, -0.2) is 4.79 Å². The van der Waals surface area contributed by atoms with Gasteiger partial charge in [0, 0.05) is 27.3 Å². The van der Waals surface area contributed by atoms with E-state index in [0.29, 0.717) is 6.54 Å². The first-order valence-electron chi connectivity index (χ1n) is 8.30. The predicted octanol–water partition coefficient (Wildman–Crippen LogP) is 0.664. The molecule has 1 rings (SSSR count). The van der Waals surface area contributed by atoms with E-state index in [1.807, 2.05) is 6.92 Å². The van der Waals surface area contributed by atoms with Gasteiger partial charge in [0.1, 0.15) is 18.8 Å². The average molecular weight is 375 g/mol. The number of esters is 3. The van der Waals surface area contributed by atoms with Crippen LogP contribution < -0.4 is 5.32 Å². The van der Waals surface area contributed by atoms with Crippen molar-refractivity contribution in [2.45, 2.75) is 65.1 Å². The standard InChI is InChI=1S/C16H25NO9/c1-5-6-17-16(21)26-14-7-12(23-10(3)19)15(24-11(4)20)13(25-14)8-22-9(2)18/h12-15H,5-8H2,1-4H3,(H,17,21)/t12-,13-,14+,15+/m1/s1. The molecule has 1 aliphatic heterocycles. The van der Waals surface area contributed by atoms with Crippen LogP contribution in [0, 0.1) is 0 Å². The maximum atomic E-state index is 11.7. The van der Waals surface area contributed by atoms with E-state index in [2.05, 4.69) is 5.32 Å². The number of alkyl carbamates (subject to hydrolysis) is 1. The molecule has 148 valence electrons. The number of hydrogen-bond acceptors (Lipinski definition) is 9. The normalized spacial score (nSPS) is 24.9. The minimum absolute atomic E-state index is 0.0341. The summed E-state index contributed by atoms with van der Waals surface area (Å²) in [5.41, 5.74) is 0. The monoisotopic (exact) mass is 375 g/mol. The number of ether oxygens (including phenoxy) is 5. The first kappa shape index (κ1) is 21.7. The van der Waals surface area contributed by atoms with Crippen LogP contribution in [0.4, 0.5) is 4.79 Å². The molecule has 4 atom stereocenters. The van der Waals surface area contributed by atoms with Crippen LogP contribution in [-0.2, 0) is 38.1 Å².